The number of halogens is 4. The zero-order chi connectivity index (χ0) is 19.8. The van der Waals surface area contributed by atoms with Crippen molar-refractivity contribution in [1.29, 1.82) is 0 Å². The number of piperazine rings is 1. The van der Waals surface area contributed by atoms with Crippen molar-refractivity contribution in [3.63, 3.8) is 0 Å². The van der Waals surface area contributed by atoms with Gasteiger partial charge in [0, 0.05) is 26.2 Å². The van der Waals surface area contributed by atoms with Crippen molar-refractivity contribution in [3.8, 4) is 0 Å². The third kappa shape index (κ3) is 3.91. The van der Waals surface area contributed by atoms with E-state index in [9.17, 15) is 22.0 Å². The summed E-state index contributed by atoms with van der Waals surface area (Å²) >= 11 is 11.6. The van der Waals surface area contributed by atoms with Crippen molar-refractivity contribution in [2.75, 3.05) is 26.2 Å². The van der Waals surface area contributed by atoms with Crippen LogP contribution in [0, 0.1) is 11.6 Å². The van der Waals surface area contributed by atoms with Gasteiger partial charge >= 0.3 is 0 Å². The Morgan fingerprint density at radius 1 is 1.00 bits per heavy atom. The van der Waals surface area contributed by atoms with Crippen molar-refractivity contribution in [2.24, 2.45) is 0 Å². The van der Waals surface area contributed by atoms with E-state index in [1.54, 1.807) is 0 Å². The Morgan fingerprint density at radius 2 is 1.59 bits per heavy atom. The zero-order valence-corrected chi connectivity index (χ0v) is 16.0. The van der Waals surface area contributed by atoms with Crippen molar-refractivity contribution >= 4 is 39.1 Å². The van der Waals surface area contributed by atoms with E-state index in [0.717, 1.165) is 22.5 Å². The lowest BCUT2D eigenvalue weighted by Crippen LogP contribution is -2.50. The number of hydrogen-bond acceptors (Lipinski definition) is 4. The molecule has 0 spiro atoms. The summed E-state index contributed by atoms with van der Waals surface area (Å²) in [6, 6.07) is 5.70. The molecule has 0 aliphatic carbocycles. The van der Waals surface area contributed by atoms with E-state index in [1.807, 2.05) is 0 Å². The van der Waals surface area contributed by atoms with Gasteiger partial charge in [0.25, 0.3) is 5.91 Å². The second-order valence-electron chi connectivity index (χ2n) is 5.72. The number of hydrogen-bond donors (Lipinski definition) is 0. The number of benzene rings is 1. The third-order valence-corrected chi connectivity index (χ3v) is 6.54. The first-order chi connectivity index (χ1) is 12.7. The van der Waals surface area contributed by atoms with E-state index in [2.05, 4.69) is 4.98 Å². The van der Waals surface area contributed by atoms with Crippen LogP contribution in [0.1, 0.15) is 10.4 Å². The fraction of sp³-hybridized carbons (Fsp3) is 0.250. The highest BCUT2D eigenvalue weighted by molar-refractivity contribution is 7.89. The van der Waals surface area contributed by atoms with Gasteiger partial charge < -0.3 is 4.90 Å². The molecule has 1 amide bonds. The molecule has 0 atom stereocenters. The van der Waals surface area contributed by atoms with Gasteiger partial charge in [-0.3, -0.25) is 4.79 Å². The molecule has 2 aromatic rings. The smallest absolute Gasteiger partial charge is 0.257 e. The lowest BCUT2D eigenvalue weighted by molar-refractivity contribution is 0.0697. The van der Waals surface area contributed by atoms with Crippen molar-refractivity contribution < 1.29 is 22.0 Å². The summed E-state index contributed by atoms with van der Waals surface area (Å²) in [6.45, 7) is -0.152. The van der Waals surface area contributed by atoms with E-state index in [0.29, 0.717) is 0 Å². The fourth-order valence-corrected chi connectivity index (χ4v) is 4.69. The predicted octanol–water partition coefficient (Wildman–Crippen LogP) is 2.81. The van der Waals surface area contributed by atoms with Crippen LogP contribution in [-0.4, -0.2) is 54.7 Å². The number of aromatic nitrogens is 1. The van der Waals surface area contributed by atoms with Crippen LogP contribution < -0.4 is 0 Å². The molecule has 0 unspecified atom stereocenters. The summed E-state index contributed by atoms with van der Waals surface area (Å²) in [5, 5.41) is 0.0790. The Balaban J connectivity index is 1.76. The molecular weight excluding hydrogens is 423 g/mol. The van der Waals surface area contributed by atoms with Gasteiger partial charge in [0.1, 0.15) is 21.9 Å². The summed E-state index contributed by atoms with van der Waals surface area (Å²) in [5.74, 6) is -2.75. The lowest BCUT2D eigenvalue weighted by Gasteiger charge is -2.34. The number of carbonyl (C=O) groups excluding carboxylic acids is 1. The Kier molecular flexibility index (Phi) is 5.66. The molecule has 1 aromatic heterocycles. The molecular formula is C16H13Cl2F2N3O3S. The number of carbonyl (C=O) groups is 1. The Bertz CT molecular complexity index is 976. The molecule has 27 heavy (non-hydrogen) atoms. The highest BCUT2D eigenvalue weighted by atomic mass is 35.5. The van der Waals surface area contributed by atoms with Gasteiger partial charge in [-0.25, -0.2) is 22.2 Å². The van der Waals surface area contributed by atoms with Crippen LogP contribution in [0.2, 0.25) is 10.3 Å². The van der Waals surface area contributed by atoms with Crippen LogP contribution in [0.5, 0.6) is 0 Å². The maximum atomic E-state index is 13.9. The van der Waals surface area contributed by atoms with Gasteiger partial charge in [-0.2, -0.15) is 4.31 Å². The topological polar surface area (TPSA) is 70.6 Å². The van der Waals surface area contributed by atoms with E-state index in [4.69, 9.17) is 23.2 Å². The molecule has 1 fully saturated rings. The number of amides is 1. The van der Waals surface area contributed by atoms with Gasteiger partial charge in [0.15, 0.2) is 4.90 Å². The van der Waals surface area contributed by atoms with Crippen LogP contribution in [0.15, 0.2) is 35.2 Å². The standard InChI is InChI=1S/C16H13Cl2F2N3O3S/c17-13-5-4-10(15(18)21-13)16(24)22-6-8-23(9-7-22)27(25,26)14-11(19)2-1-3-12(14)20/h1-5H,6-9H2. The number of sulfonamides is 1. The summed E-state index contributed by atoms with van der Waals surface area (Å²) < 4.78 is 53.8. The maximum Gasteiger partial charge on any atom is 0.257 e. The number of nitrogens with zero attached hydrogens (tertiary/aromatic N) is 3. The van der Waals surface area contributed by atoms with Gasteiger partial charge in [-0.05, 0) is 24.3 Å². The summed E-state index contributed by atoms with van der Waals surface area (Å²) in [4.78, 5) is 16.7. The van der Waals surface area contributed by atoms with Crippen molar-refractivity contribution in [1.82, 2.24) is 14.2 Å². The average molecular weight is 436 g/mol. The molecule has 1 aliphatic heterocycles. The van der Waals surface area contributed by atoms with Crippen LogP contribution in [-0.2, 0) is 10.0 Å². The largest absolute Gasteiger partial charge is 0.336 e. The molecule has 0 radical (unpaired) electrons. The molecule has 11 heteroatoms. The van der Waals surface area contributed by atoms with Gasteiger partial charge in [0.2, 0.25) is 10.0 Å². The quantitative estimate of drug-likeness (QED) is 0.694. The van der Waals surface area contributed by atoms with Crippen LogP contribution in [0.4, 0.5) is 8.78 Å². The molecule has 3 rings (SSSR count). The lowest BCUT2D eigenvalue weighted by atomic mass is 10.2. The molecule has 1 aliphatic rings. The van der Waals surface area contributed by atoms with E-state index >= 15 is 0 Å². The van der Waals surface area contributed by atoms with Crippen LogP contribution in [0.25, 0.3) is 0 Å². The minimum absolute atomic E-state index is 0.0348. The van der Waals surface area contributed by atoms with Gasteiger partial charge in [-0.15, -0.1) is 0 Å². The minimum atomic E-state index is -4.36. The SMILES string of the molecule is O=C(c1ccc(Cl)nc1Cl)N1CCN(S(=O)(=O)c2c(F)cccc2F)CC1. The van der Waals surface area contributed by atoms with E-state index < -0.39 is 32.5 Å². The Labute approximate surface area is 164 Å². The molecule has 2 heterocycles. The first-order valence-corrected chi connectivity index (χ1v) is 9.97. The maximum absolute atomic E-state index is 13.9. The highest BCUT2D eigenvalue weighted by Crippen LogP contribution is 2.24. The Morgan fingerprint density at radius 3 is 2.15 bits per heavy atom. The van der Waals surface area contributed by atoms with Crippen LogP contribution in [0.3, 0.4) is 0 Å². The molecule has 6 nitrogen and oxygen atoms in total. The van der Waals surface area contributed by atoms with Gasteiger partial charge in [0.05, 0.1) is 5.56 Å². The summed E-state index contributed by atoms with van der Waals surface area (Å²) in [5.41, 5.74) is 0.137. The first-order valence-electron chi connectivity index (χ1n) is 7.77. The third-order valence-electron chi connectivity index (χ3n) is 4.09. The zero-order valence-electron chi connectivity index (χ0n) is 13.7. The molecule has 1 saturated heterocycles. The minimum Gasteiger partial charge on any atom is -0.336 e. The second kappa shape index (κ2) is 7.67. The molecule has 1 aromatic carbocycles. The van der Waals surface area contributed by atoms with E-state index in [-0.39, 0.29) is 42.0 Å². The van der Waals surface area contributed by atoms with Crippen molar-refractivity contribution in [2.45, 2.75) is 4.90 Å². The molecule has 144 valence electrons. The van der Waals surface area contributed by atoms with Gasteiger partial charge in [-0.1, -0.05) is 29.3 Å². The summed E-state index contributed by atoms with van der Waals surface area (Å²) in [7, 11) is -4.36. The average Bonchev–Trinajstić information content (AvgIpc) is 2.61. The van der Waals surface area contributed by atoms with Crippen LogP contribution >= 0.6 is 23.2 Å². The second-order valence-corrected chi connectivity index (χ2v) is 8.34. The monoisotopic (exact) mass is 435 g/mol. The molecule has 0 bridgehead atoms. The van der Waals surface area contributed by atoms with Crippen molar-refractivity contribution in [3.05, 3.63) is 57.8 Å². The highest BCUT2D eigenvalue weighted by Gasteiger charge is 2.34. The normalized spacial score (nSPS) is 15.8. The molecule has 0 saturated carbocycles. The molecule has 0 N–H and O–H groups in total. The Hall–Kier alpha value is -1.81. The number of rotatable bonds is 3. The first kappa shape index (κ1) is 19.9. The fourth-order valence-electron chi connectivity index (χ4n) is 2.73. The summed E-state index contributed by atoms with van der Waals surface area (Å²) in [6.07, 6.45) is 0. The number of pyridine rings is 1. The predicted molar refractivity (Wildman–Crippen MR) is 95.3 cm³/mol. The van der Waals surface area contributed by atoms with E-state index in [1.165, 1.54) is 17.0 Å².